The van der Waals surface area contributed by atoms with Crippen LogP contribution in [0.5, 0.6) is 0 Å². The third-order valence-corrected chi connectivity index (χ3v) is 6.31. The Bertz CT molecular complexity index is 791. The minimum atomic E-state index is -0.445. The molecule has 0 aliphatic heterocycles. The topological polar surface area (TPSA) is 114 Å². The molecule has 1 saturated carbocycles. The molecule has 0 bridgehead atoms. The molecule has 0 radical (unpaired) electrons. The zero-order valence-electron chi connectivity index (χ0n) is 12.9. The van der Waals surface area contributed by atoms with Crippen molar-refractivity contribution in [1.82, 2.24) is 10.2 Å². The van der Waals surface area contributed by atoms with Gasteiger partial charge in [0.2, 0.25) is 5.13 Å². The smallest absolute Gasteiger partial charge is 0.348 e. The van der Waals surface area contributed by atoms with Crippen molar-refractivity contribution in [3.05, 3.63) is 16.0 Å². The number of nitrogens with two attached hydrogens (primary N) is 1. The fourth-order valence-corrected chi connectivity index (χ4v) is 4.85. The van der Waals surface area contributed by atoms with Crippen molar-refractivity contribution in [2.24, 2.45) is 0 Å². The number of hydrogen-bond acceptors (Lipinski definition) is 10. The Balaban J connectivity index is 1.74. The molecular weight excluding hydrogens is 366 g/mol. The van der Waals surface area contributed by atoms with Gasteiger partial charge < -0.3 is 15.8 Å². The number of carbonyl (C=O) groups is 1. The standard InChI is InChI=1S/C14H15N5O2S3/c1-2-21-12(20)10-9(8(5-15)11(16)23-10)6-22-14-19-18-13(24-14)17-7-3-4-7/h7H,2-4,6,16H2,1H3,(H,17,18). The summed E-state index contributed by atoms with van der Waals surface area (Å²) in [6.07, 6.45) is 2.34. The summed E-state index contributed by atoms with van der Waals surface area (Å²) >= 11 is 3.99. The van der Waals surface area contributed by atoms with Crippen molar-refractivity contribution in [1.29, 1.82) is 5.26 Å². The zero-order chi connectivity index (χ0) is 17.1. The van der Waals surface area contributed by atoms with Gasteiger partial charge in [-0.25, -0.2) is 4.79 Å². The largest absolute Gasteiger partial charge is 0.462 e. The molecule has 1 aliphatic carbocycles. The predicted octanol–water partition coefficient (Wildman–Crippen LogP) is 3.10. The summed E-state index contributed by atoms with van der Waals surface area (Å²) in [5, 5.41) is 22.0. The number of thiophene rings is 1. The number of carbonyl (C=O) groups excluding carboxylic acids is 1. The maximum Gasteiger partial charge on any atom is 0.348 e. The highest BCUT2D eigenvalue weighted by Gasteiger charge is 2.24. The first-order valence-corrected chi connectivity index (χ1v) is 9.95. The fourth-order valence-electron chi connectivity index (χ4n) is 1.97. The summed E-state index contributed by atoms with van der Waals surface area (Å²) in [7, 11) is 0. The van der Waals surface area contributed by atoms with Crippen molar-refractivity contribution in [2.75, 3.05) is 17.7 Å². The molecule has 0 aromatic carbocycles. The Kier molecular flexibility index (Phi) is 5.23. The first-order valence-electron chi connectivity index (χ1n) is 7.33. The first kappa shape index (κ1) is 17.0. The highest BCUT2D eigenvalue weighted by molar-refractivity contribution is 8.00. The number of thioether (sulfide) groups is 1. The van der Waals surface area contributed by atoms with E-state index in [4.69, 9.17) is 10.5 Å². The highest BCUT2D eigenvalue weighted by atomic mass is 32.2. The van der Waals surface area contributed by atoms with Crippen LogP contribution in [-0.2, 0) is 10.5 Å². The monoisotopic (exact) mass is 381 g/mol. The molecule has 1 aliphatic rings. The van der Waals surface area contributed by atoms with Gasteiger partial charge in [0.15, 0.2) is 4.34 Å². The number of anilines is 2. The average Bonchev–Trinajstić information content (AvgIpc) is 3.15. The Morgan fingerprint density at radius 3 is 2.96 bits per heavy atom. The second-order valence-electron chi connectivity index (χ2n) is 5.06. The molecular formula is C14H15N5O2S3. The van der Waals surface area contributed by atoms with Gasteiger partial charge in [-0.15, -0.1) is 21.5 Å². The third-order valence-electron chi connectivity index (χ3n) is 3.26. The number of rotatable bonds is 7. The summed E-state index contributed by atoms with van der Waals surface area (Å²) in [4.78, 5) is 12.5. The molecule has 2 aromatic rings. The van der Waals surface area contributed by atoms with E-state index in [0.717, 1.165) is 20.8 Å². The number of hydrogen-bond donors (Lipinski definition) is 2. The van der Waals surface area contributed by atoms with E-state index in [2.05, 4.69) is 21.6 Å². The summed E-state index contributed by atoms with van der Waals surface area (Å²) in [6.45, 7) is 2.02. The fraction of sp³-hybridized carbons (Fsp3) is 0.429. The lowest BCUT2D eigenvalue weighted by Gasteiger charge is -2.03. The van der Waals surface area contributed by atoms with Crippen LogP contribution in [-0.4, -0.2) is 28.8 Å². The lowest BCUT2D eigenvalue weighted by Crippen LogP contribution is -2.05. The summed E-state index contributed by atoms with van der Waals surface area (Å²) < 4.78 is 5.83. The van der Waals surface area contributed by atoms with Crippen molar-refractivity contribution < 1.29 is 9.53 Å². The normalized spacial score (nSPS) is 13.5. The van der Waals surface area contributed by atoms with Crippen molar-refractivity contribution in [2.45, 2.75) is 35.9 Å². The summed E-state index contributed by atoms with van der Waals surface area (Å²) in [5.41, 5.74) is 6.82. The van der Waals surface area contributed by atoms with Gasteiger partial charge in [0.1, 0.15) is 15.9 Å². The van der Waals surface area contributed by atoms with Gasteiger partial charge in [0.05, 0.1) is 12.2 Å². The molecule has 7 nitrogen and oxygen atoms in total. The number of ether oxygens (including phenoxy) is 1. The molecule has 0 amide bonds. The Morgan fingerprint density at radius 1 is 1.50 bits per heavy atom. The SMILES string of the molecule is CCOC(=O)c1sc(N)c(C#N)c1CSc1nnc(NC2CC2)s1. The van der Waals surface area contributed by atoms with Gasteiger partial charge in [0.25, 0.3) is 0 Å². The Morgan fingerprint density at radius 2 is 2.29 bits per heavy atom. The number of nitriles is 1. The molecule has 2 aromatic heterocycles. The van der Waals surface area contributed by atoms with E-state index in [1.807, 2.05) is 0 Å². The molecule has 3 N–H and O–H groups in total. The van der Waals surface area contributed by atoms with Crippen LogP contribution in [0.1, 0.15) is 40.6 Å². The molecule has 1 fully saturated rings. The van der Waals surface area contributed by atoms with Crippen molar-refractivity contribution in [3.63, 3.8) is 0 Å². The Hall–Kier alpha value is -1.83. The lowest BCUT2D eigenvalue weighted by molar-refractivity contribution is 0.0531. The molecule has 2 heterocycles. The molecule has 0 unspecified atom stereocenters. The van der Waals surface area contributed by atoms with Gasteiger partial charge in [-0.3, -0.25) is 0 Å². The van der Waals surface area contributed by atoms with Gasteiger partial charge >= 0.3 is 5.97 Å². The van der Waals surface area contributed by atoms with Crippen LogP contribution < -0.4 is 11.1 Å². The highest BCUT2D eigenvalue weighted by Crippen LogP contribution is 2.37. The van der Waals surface area contributed by atoms with E-state index in [-0.39, 0.29) is 6.61 Å². The predicted molar refractivity (Wildman–Crippen MR) is 95.5 cm³/mol. The maximum absolute atomic E-state index is 12.1. The van der Waals surface area contributed by atoms with Crippen LogP contribution in [0.25, 0.3) is 0 Å². The number of nitrogens with one attached hydrogen (secondary N) is 1. The number of esters is 1. The van der Waals surface area contributed by atoms with Gasteiger partial charge in [-0.1, -0.05) is 23.1 Å². The minimum absolute atomic E-state index is 0.276. The molecule has 24 heavy (non-hydrogen) atoms. The molecule has 10 heteroatoms. The van der Waals surface area contributed by atoms with Crippen molar-refractivity contribution in [3.8, 4) is 6.07 Å². The average molecular weight is 382 g/mol. The van der Waals surface area contributed by atoms with Crippen LogP contribution in [0.4, 0.5) is 10.1 Å². The quantitative estimate of drug-likeness (QED) is 0.555. The summed E-state index contributed by atoms with van der Waals surface area (Å²) in [5.74, 6) is -0.0253. The maximum atomic E-state index is 12.1. The molecule has 3 rings (SSSR count). The lowest BCUT2D eigenvalue weighted by atomic mass is 10.2. The van der Waals surface area contributed by atoms with E-state index in [0.29, 0.717) is 32.8 Å². The number of nitrogens with zero attached hydrogens (tertiary/aromatic N) is 3. The Labute approximate surface area is 151 Å². The second kappa shape index (κ2) is 7.38. The van der Waals surface area contributed by atoms with E-state index in [1.165, 1.54) is 35.9 Å². The van der Waals surface area contributed by atoms with Crippen LogP contribution in [0.15, 0.2) is 4.34 Å². The molecule has 0 atom stereocenters. The van der Waals surface area contributed by atoms with Crippen LogP contribution in [0, 0.1) is 11.3 Å². The van der Waals surface area contributed by atoms with Gasteiger partial charge in [0, 0.05) is 17.4 Å². The molecule has 0 spiro atoms. The summed E-state index contributed by atoms with van der Waals surface area (Å²) in [6, 6.07) is 2.60. The van der Waals surface area contributed by atoms with Crippen LogP contribution >= 0.6 is 34.4 Å². The van der Waals surface area contributed by atoms with E-state index in [1.54, 1.807) is 6.92 Å². The van der Waals surface area contributed by atoms with E-state index >= 15 is 0 Å². The van der Waals surface area contributed by atoms with E-state index in [9.17, 15) is 10.1 Å². The number of nitrogen functional groups attached to an aromatic ring is 1. The van der Waals surface area contributed by atoms with Crippen molar-refractivity contribution >= 4 is 50.5 Å². The van der Waals surface area contributed by atoms with Gasteiger partial charge in [-0.2, -0.15) is 5.26 Å². The van der Waals surface area contributed by atoms with Gasteiger partial charge in [-0.05, 0) is 19.8 Å². The molecule has 0 saturated heterocycles. The second-order valence-corrected chi connectivity index (χ2v) is 8.31. The third kappa shape index (κ3) is 3.80. The minimum Gasteiger partial charge on any atom is -0.462 e. The zero-order valence-corrected chi connectivity index (χ0v) is 15.3. The van der Waals surface area contributed by atoms with Crippen LogP contribution in [0.3, 0.4) is 0 Å². The molecule has 126 valence electrons. The van der Waals surface area contributed by atoms with E-state index < -0.39 is 5.97 Å². The van der Waals surface area contributed by atoms with Crippen LogP contribution in [0.2, 0.25) is 0 Å². The number of aromatic nitrogens is 2. The first-order chi connectivity index (χ1) is 11.6.